The van der Waals surface area contributed by atoms with Crippen LogP contribution in [0, 0.1) is 11.8 Å². The van der Waals surface area contributed by atoms with Crippen molar-refractivity contribution in [2.45, 2.75) is 129 Å². The molecule has 3 N–H and O–H groups in total. The van der Waals surface area contributed by atoms with Crippen molar-refractivity contribution < 1.29 is 19.4 Å². The Morgan fingerprint density at radius 3 is 1.18 bits per heavy atom. The average molecular weight is 761 g/mol. The molecule has 2 aliphatic rings. The molecule has 0 radical (unpaired) electrons. The molecule has 4 aromatic carbocycles. The van der Waals surface area contributed by atoms with Crippen molar-refractivity contribution in [3.05, 3.63) is 144 Å². The first-order valence-electron chi connectivity index (χ1n) is 20.5. The number of nitrogens with zero attached hydrogens (tertiary/aromatic N) is 2. The van der Waals surface area contributed by atoms with Gasteiger partial charge in [0.15, 0.2) is 0 Å². The van der Waals surface area contributed by atoms with Crippen molar-refractivity contribution >= 4 is 12.2 Å². The number of nitrogens with one attached hydrogen (secondary N) is 2. The SMILES string of the molecule is C[C@@H]1C[C@H](N(Cc2ccccc2)Cc2ccccc2)CC[C@H]1NC(=O)OC(C)(C)C.C[C@H]1C[C@@H](N(Cc2ccccc2)Cc2ccccc2)CC[C@@H]1NC(=O)O. The lowest BCUT2D eigenvalue weighted by Gasteiger charge is -2.40. The number of amides is 2. The molecule has 0 aromatic heterocycles. The quantitative estimate of drug-likeness (QED) is 0.133. The first-order chi connectivity index (χ1) is 26.9. The molecular weight excluding hydrogens is 697 g/mol. The fraction of sp³-hybridized carbons (Fsp3) is 0.458. The van der Waals surface area contributed by atoms with Gasteiger partial charge in [-0.05, 0) is 93.4 Å². The van der Waals surface area contributed by atoms with Gasteiger partial charge >= 0.3 is 12.2 Å². The van der Waals surface area contributed by atoms with Crippen LogP contribution >= 0.6 is 0 Å². The van der Waals surface area contributed by atoms with Gasteiger partial charge in [0.25, 0.3) is 0 Å². The van der Waals surface area contributed by atoms with Crippen molar-refractivity contribution in [2.24, 2.45) is 11.8 Å². The zero-order chi connectivity index (χ0) is 39.9. The fourth-order valence-corrected chi connectivity index (χ4v) is 8.35. The van der Waals surface area contributed by atoms with Gasteiger partial charge in [0.05, 0.1) is 0 Å². The van der Waals surface area contributed by atoms with Crippen LogP contribution in [0.15, 0.2) is 121 Å². The third-order valence-electron chi connectivity index (χ3n) is 11.2. The summed E-state index contributed by atoms with van der Waals surface area (Å²) in [6.45, 7) is 13.8. The van der Waals surface area contributed by atoms with Gasteiger partial charge < -0.3 is 20.5 Å². The Morgan fingerprint density at radius 1 is 0.571 bits per heavy atom. The third-order valence-corrected chi connectivity index (χ3v) is 11.2. The van der Waals surface area contributed by atoms with E-state index in [2.05, 4.69) is 156 Å². The molecule has 0 saturated heterocycles. The van der Waals surface area contributed by atoms with E-state index < -0.39 is 11.7 Å². The van der Waals surface area contributed by atoms with Crippen molar-refractivity contribution in [3.8, 4) is 0 Å². The van der Waals surface area contributed by atoms with E-state index >= 15 is 0 Å². The number of benzene rings is 4. The summed E-state index contributed by atoms with van der Waals surface area (Å²) in [5, 5.41) is 14.8. The summed E-state index contributed by atoms with van der Waals surface area (Å²) in [5.74, 6) is 0.754. The first-order valence-corrected chi connectivity index (χ1v) is 20.5. The molecular formula is C48H64N4O4. The van der Waals surface area contributed by atoms with Gasteiger partial charge in [0, 0.05) is 50.3 Å². The third kappa shape index (κ3) is 14.1. The molecule has 0 spiro atoms. The molecule has 2 fully saturated rings. The summed E-state index contributed by atoms with van der Waals surface area (Å²) in [7, 11) is 0. The lowest BCUT2D eigenvalue weighted by molar-refractivity contribution is 0.0429. The van der Waals surface area contributed by atoms with E-state index in [1.165, 1.54) is 22.3 Å². The van der Waals surface area contributed by atoms with Crippen LogP contribution in [0.3, 0.4) is 0 Å². The van der Waals surface area contributed by atoms with Gasteiger partial charge in [-0.1, -0.05) is 135 Å². The molecule has 56 heavy (non-hydrogen) atoms. The maximum absolute atomic E-state index is 12.2. The van der Waals surface area contributed by atoms with Crippen LogP contribution < -0.4 is 10.6 Å². The highest BCUT2D eigenvalue weighted by Gasteiger charge is 2.34. The van der Waals surface area contributed by atoms with Crippen molar-refractivity contribution in [1.29, 1.82) is 0 Å². The van der Waals surface area contributed by atoms with Crippen molar-refractivity contribution in [1.82, 2.24) is 20.4 Å². The summed E-state index contributed by atoms with van der Waals surface area (Å²) >= 11 is 0. The molecule has 2 amide bonds. The zero-order valence-electron chi connectivity index (χ0n) is 34.1. The van der Waals surface area contributed by atoms with E-state index in [0.717, 1.165) is 64.7 Å². The maximum Gasteiger partial charge on any atom is 0.407 e. The highest BCUT2D eigenvalue weighted by molar-refractivity contribution is 5.68. The van der Waals surface area contributed by atoms with Crippen LogP contribution in [0.4, 0.5) is 9.59 Å². The second kappa shape index (κ2) is 21.0. The van der Waals surface area contributed by atoms with Crippen molar-refractivity contribution in [3.63, 3.8) is 0 Å². The number of carboxylic acid groups (broad SMARTS) is 1. The lowest BCUT2D eigenvalue weighted by Crippen LogP contribution is -2.48. The summed E-state index contributed by atoms with van der Waals surface area (Å²) in [4.78, 5) is 28.4. The number of hydrogen-bond donors (Lipinski definition) is 3. The number of carbonyl (C=O) groups excluding carboxylic acids is 1. The van der Waals surface area contributed by atoms with E-state index in [9.17, 15) is 9.59 Å². The molecule has 8 nitrogen and oxygen atoms in total. The molecule has 300 valence electrons. The van der Waals surface area contributed by atoms with E-state index in [4.69, 9.17) is 9.84 Å². The minimum absolute atomic E-state index is 0.0686. The van der Waals surface area contributed by atoms with Gasteiger partial charge in [0.1, 0.15) is 5.60 Å². The lowest BCUT2D eigenvalue weighted by atomic mass is 9.81. The monoisotopic (exact) mass is 760 g/mol. The Morgan fingerprint density at radius 2 is 0.893 bits per heavy atom. The molecule has 0 bridgehead atoms. The second-order valence-corrected chi connectivity index (χ2v) is 16.9. The van der Waals surface area contributed by atoms with Crippen LogP contribution in [-0.4, -0.2) is 56.9 Å². The largest absolute Gasteiger partial charge is 0.465 e. The van der Waals surface area contributed by atoms with Gasteiger partial charge in [-0.25, -0.2) is 9.59 Å². The smallest absolute Gasteiger partial charge is 0.407 e. The maximum atomic E-state index is 12.2. The summed E-state index contributed by atoms with van der Waals surface area (Å²) in [5.41, 5.74) is 4.86. The molecule has 0 unspecified atom stereocenters. The number of ether oxygens (including phenoxy) is 1. The molecule has 2 aliphatic carbocycles. The highest BCUT2D eigenvalue weighted by atomic mass is 16.6. The minimum atomic E-state index is -0.911. The normalized spacial score (nSPS) is 22.4. The molecule has 0 heterocycles. The van der Waals surface area contributed by atoms with Crippen molar-refractivity contribution in [2.75, 3.05) is 0 Å². The summed E-state index contributed by atoms with van der Waals surface area (Å²) in [6.07, 6.45) is 4.85. The Kier molecular flexibility index (Phi) is 16.0. The highest BCUT2D eigenvalue weighted by Crippen LogP contribution is 2.32. The Hall–Kier alpha value is -4.66. The standard InChI is InChI=1S/C26H36N2O2.C22H28N2O2/c1-20-17-23(15-16-24(20)27-25(29)30-26(2,3)4)28(18-21-11-7-5-8-12-21)19-22-13-9-6-10-14-22;1-17-14-20(12-13-21(17)23-22(25)26)24(15-18-8-4-2-5-9-18)16-19-10-6-3-7-11-19/h5-14,20,23-24H,15-19H2,1-4H3,(H,27,29);2-11,17,20-21,23H,12-16H2,1H3,(H,25,26)/t20-,23-,24-;17-,20-,21-/m10/s1. The Balaban J connectivity index is 0.000000216. The van der Waals surface area contributed by atoms with Gasteiger partial charge in [-0.15, -0.1) is 0 Å². The summed E-state index contributed by atoms with van der Waals surface area (Å²) < 4.78 is 5.46. The van der Waals surface area contributed by atoms with E-state index in [-0.39, 0.29) is 18.2 Å². The van der Waals surface area contributed by atoms with E-state index in [1.807, 2.05) is 20.8 Å². The predicted molar refractivity (Wildman–Crippen MR) is 226 cm³/mol. The number of rotatable bonds is 12. The second-order valence-electron chi connectivity index (χ2n) is 16.9. The number of carbonyl (C=O) groups is 2. The van der Waals surface area contributed by atoms with Crippen LogP contribution in [0.5, 0.6) is 0 Å². The fourth-order valence-electron chi connectivity index (χ4n) is 8.35. The molecule has 0 aliphatic heterocycles. The topological polar surface area (TPSA) is 94.1 Å². The molecule has 8 heteroatoms. The van der Waals surface area contributed by atoms with Gasteiger partial charge in [0.2, 0.25) is 0 Å². The average Bonchev–Trinajstić information content (AvgIpc) is 3.17. The Bertz CT molecular complexity index is 1650. The van der Waals surface area contributed by atoms with Gasteiger partial charge in [-0.3, -0.25) is 9.80 Å². The zero-order valence-corrected chi connectivity index (χ0v) is 34.1. The van der Waals surface area contributed by atoms with Crippen LogP contribution in [-0.2, 0) is 30.9 Å². The predicted octanol–water partition coefficient (Wildman–Crippen LogP) is 10.3. The molecule has 4 aromatic rings. The minimum Gasteiger partial charge on any atom is -0.465 e. The van der Waals surface area contributed by atoms with E-state index in [1.54, 1.807) is 0 Å². The van der Waals surface area contributed by atoms with Crippen LogP contribution in [0.25, 0.3) is 0 Å². The van der Waals surface area contributed by atoms with E-state index in [0.29, 0.717) is 23.9 Å². The number of hydrogen-bond acceptors (Lipinski definition) is 5. The first kappa shape index (κ1) is 42.5. The Labute approximate surface area is 335 Å². The van der Waals surface area contributed by atoms with Crippen LogP contribution in [0.1, 0.15) is 95.4 Å². The number of alkyl carbamates (subject to hydrolysis) is 1. The van der Waals surface area contributed by atoms with Crippen LogP contribution in [0.2, 0.25) is 0 Å². The molecule has 2 saturated carbocycles. The molecule has 6 atom stereocenters. The molecule has 6 rings (SSSR count). The summed E-state index contributed by atoms with van der Waals surface area (Å²) in [6, 6.07) is 43.8. The van der Waals surface area contributed by atoms with Gasteiger partial charge in [-0.2, -0.15) is 0 Å².